The first kappa shape index (κ1) is 15.5. The molecule has 0 bridgehead atoms. The molecule has 0 saturated carbocycles. The minimum atomic E-state index is -0.700. The first-order valence-electron chi connectivity index (χ1n) is 7.43. The largest absolute Gasteiger partial charge is 0.508 e. The lowest BCUT2D eigenvalue weighted by atomic mass is 9.92. The van der Waals surface area contributed by atoms with Crippen LogP contribution < -0.4 is 14.2 Å². The van der Waals surface area contributed by atoms with Crippen LogP contribution in [0, 0.1) is 6.92 Å². The predicted molar refractivity (Wildman–Crippen MR) is 85.5 cm³/mol. The number of phenolic OH excluding ortho intramolecular Hbond substituents is 1. The molecule has 1 aliphatic heterocycles. The smallest absolute Gasteiger partial charge is 0.150 e. The van der Waals surface area contributed by atoms with E-state index in [1.54, 1.807) is 38.5 Å². The Morgan fingerprint density at radius 1 is 1.09 bits per heavy atom. The maximum atomic E-state index is 10.5. The maximum Gasteiger partial charge on any atom is 0.150 e. The minimum absolute atomic E-state index is 0.180. The number of benzene rings is 2. The zero-order chi connectivity index (χ0) is 16.6. The van der Waals surface area contributed by atoms with Gasteiger partial charge in [0.15, 0.2) is 0 Å². The van der Waals surface area contributed by atoms with Gasteiger partial charge in [0, 0.05) is 23.6 Å². The molecule has 5 nitrogen and oxygen atoms in total. The Morgan fingerprint density at radius 3 is 2.35 bits per heavy atom. The third kappa shape index (κ3) is 2.68. The van der Waals surface area contributed by atoms with Crippen molar-refractivity contribution < 1.29 is 24.4 Å². The minimum Gasteiger partial charge on any atom is -0.508 e. The van der Waals surface area contributed by atoms with Crippen LogP contribution in [0.3, 0.4) is 0 Å². The van der Waals surface area contributed by atoms with Crippen LogP contribution in [0.25, 0.3) is 0 Å². The highest BCUT2D eigenvalue weighted by atomic mass is 16.5. The Labute approximate surface area is 135 Å². The van der Waals surface area contributed by atoms with Crippen molar-refractivity contribution in [2.45, 2.75) is 25.6 Å². The maximum absolute atomic E-state index is 10.5. The number of aliphatic hydroxyl groups excluding tert-OH is 1. The van der Waals surface area contributed by atoms with Gasteiger partial charge in [0.2, 0.25) is 0 Å². The predicted octanol–water partition coefficient (Wildman–Crippen LogP) is 2.75. The molecule has 0 aromatic heterocycles. The average molecular weight is 316 g/mol. The van der Waals surface area contributed by atoms with Gasteiger partial charge >= 0.3 is 0 Å². The van der Waals surface area contributed by atoms with Crippen LogP contribution >= 0.6 is 0 Å². The highest BCUT2D eigenvalue weighted by Crippen LogP contribution is 2.45. The molecule has 0 amide bonds. The number of phenols is 1. The number of fused-ring (bicyclic) bond motifs is 1. The molecule has 2 aromatic rings. The Morgan fingerprint density at radius 2 is 1.74 bits per heavy atom. The highest BCUT2D eigenvalue weighted by molar-refractivity contribution is 5.58. The molecule has 3 rings (SSSR count). The lowest BCUT2D eigenvalue weighted by Crippen LogP contribution is -2.31. The molecule has 23 heavy (non-hydrogen) atoms. The standard InChI is InChI=1S/C18H20O5/c1-10-15(21-2)9-16(22-3)13-8-14(20)18(23-17(10)13)11-4-6-12(19)7-5-11/h4-7,9,14,18-20H,8H2,1-3H3. The van der Waals surface area contributed by atoms with E-state index in [4.69, 9.17) is 14.2 Å². The van der Waals surface area contributed by atoms with Crippen LogP contribution in [-0.2, 0) is 6.42 Å². The number of methoxy groups -OCH3 is 2. The molecular weight excluding hydrogens is 296 g/mol. The molecule has 0 radical (unpaired) electrons. The molecule has 1 heterocycles. The first-order chi connectivity index (χ1) is 11.0. The van der Waals surface area contributed by atoms with Gasteiger partial charge in [-0.05, 0) is 24.6 Å². The van der Waals surface area contributed by atoms with Crippen LogP contribution in [0.2, 0.25) is 0 Å². The summed E-state index contributed by atoms with van der Waals surface area (Å²) in [5.74, 6) is 2.19. The molecule has 0 saturated heterocycles. The van der Waals surface area contributed by atoms with Gasteiger partial charge in [-0.25, -0.2) is 0 Å². The van der Waals surface area contributed by atoms with Crippen LogP contribution in [0.15, 0.2) is 30.3 Å². The number of hydrogen-bond acceptors (Lipinski definition) is 5. The molecule has 122 valence electrons. The summed E-state index contributed by atoms with van der Waals surface area (Å²) >= 11 is 0. The summed E-state index contributed by atoms with van der Waals surface area (Å²) in [4.78, 5) is 0. The summed E-state index contributed by atoms with van der Waals surface area (Å²) in [6.45, 7) is 1.92. The van der Waals surface area contributed by atoms with E-state index in [0.29, 0.717) is 23.7 Å². The quantitative estimate of drug-likeness (QED) is 0.911. The van der Waals surface area contributed by atoms with Gasteiger partial charge in [-0.1, -0.05) is 12.1 Å². The SMILES string of the molecule is COc1cc(OC)c2c(c1C)OC(c1ccc(O)cc1)C(O)C2. The summed E-state index contributed by atoms with van der Waals surface area (Å²) in [7, 11) is 3.19. The van der Waals surface area contributed by atoms with E-state index in [1.165, 1.54) is 0 Å². The Hall–Kier alpha value is -2.40. The van der Waals surface area contributed by atoms with Gasteiger partial charge in [-0.15, -0.1) is 0 Å². The molecule has 5 heteroatoms. The summed E-state index contributed by atoms with van der Waals surface area (Å²) in [5, 5.41) is 19.9. The van der Waals surface area contributed by atoms with E-state index in [1.807, 2.05) is 13.0 Å². The van der Waals surface area contributed by atoms with E-state index in [2.05, 4.69) is 0 Å². The highest BCUT2D eigenvalue weighted by Gasteiger charge is 2.33. The van der Waals surface area contributed by atoms with Crippen LogP contribution in [0.5, 0.6) is 23.0 Å². The Bertz CT molecular complexity index is 708. The van der Waals surface area contributed by atoms with Crippen LogP contribution in [-0.4, -0.2) is 30.5 Å². The van der Waals surface area contributed by atoms with Crippen molar-refractivity contribution in [2.75, 3.05) is 14.2 Å². The second-order valence-corrected chi connectivity index (χ2v) is 5.62. The third-order valence-corrected chi connectivity index (χ3v) is 4.21. The van der Waals surface area contributed by atoms with Crippen LogP contribution in [0.1, 0.15) is 22.8 Å². The van der Waals surface area contributed by atoms with Crippen molar-refractivity contribution in [1.82, 2.24) is 0 Å². The number of aliphatic hydroxyl groups is 1. The van der Waals surface area contributed by atoms with E-state index in [0.717, 1.165) is 16.7 Å². The van der Waals surface area contributed by atoms with Crippen molar-refractivity contribution in [3.8, 4) is 23.0 Å². The Kier molecular flexibility index (Phi) is 4.05. The second-order valence-electron chi connectivity index (χ2n) is 5.62. The molecule has 2 aromatic carbocycles. The molecule has 2 unspecified atom stereocenters. The molecule has 0 spiro atoms. The monoisotopic (exact) mass is 316 g/mol. The Balaban J connectivity index is 2.05. The third-order valence-electron chi connectivity index (χ3n) is 4.21. The average Bonchev–Trinajstić information content (AvgIpc) is 2.56. The summed E-state index contributed by atoms with van der Waals surface area (Å²) in [6.07, 6.45) is -0.776. The van der Waals surface area contributed by atoms with Gasteiger partial charge in [-0.3, -0.25) is 0 Å². The van der Waals surface area contributed by atoms with E-state index in [-0.39, 0.29) is 5.75 Å². The van der Waals surface area contributed by atoms with Crippen molar-refractivity contribution in [1.29, 1.82) is 0 Å². The topological polar surface area (TPSA) is 68.2 Å². The molecule has 2 N–H and O–H groups in total. The van der Waals surface area contributed by atoms with Gasteiger partial charge < -0.3 is 24.4 Å². The van der Waals surface area contributed by atoms with E-state index >= 15 is 0 Å². The molecule has 0 aliphatic carbocycles. The summed E-state index contributed by atoms with van der Waals surface area (Å²) in [5.41, 5.74) is 2.52. The summed E-state index contributed by atoms with van der Waals surface area (Å²) < 4.78 is 16.9. The number of hydrogen-bond donors (Lipinski definition) is 2. The summed E-state index contributed by atoms with van der Waals surface area (Å²) in [6, 6.07) is 8.48. The number of aromatic hydroxyl groups is 1. The van der Waals surface area contributed by atoms with E-state index < -0.39 is 12.2 Å². The van der Waals surface area contributed by atoms with Crippen molar-refractivity contribution in [3.05, 3.63) is 47.0 Å². The normalized spacial score (nSPS) is 19.7. The van der Waals surface area contributed by atoms with Gasteiger partial charge in [0.1, 0.15) is 29.1 Å². The number of rotatable bonds is 3. The fourth-order valence-electron chi connectivity index (χ4n) is 2.99. The molecule has 1 aliphatic rings. The molecule has 2 atom stereocenters. The van der Waals surface area contributed by atoms with Crippen LogP contribution in [0.4, 0.5) is 0 Å². The molecule has 0 fully saturated rings. The second kappa shape index (κ2) is 6.01. The molecular formula is C18H20O5. The van der Waals surface area contributed by atoms with Gasteiger partial charge in [0.05, 0.1) is 20.3 Å². The van der Waals surface area contributed by atoms with Gasteiger partial charge in [0.25, 0.3) is 0 Å². The lowest BCUT2D eigenvalue weighted by molar-refractivity contribution is 0.0192. The lowest BCUT2D eigenvalue weighted by Gasteiger charge is -2.33. The van der Waals surface area contributed by atoms with E-state index in [9.17, 15) is 10.2 Å². The zero-order valence-corrected chi connectivity index (χ0v) is 13.4. The van der Waals surface area contributed by atoms with Crippen molar-refractivity contribution in [3.63, 3.8) is 0 Å². The van der Waals surface area contributed by atoms with Crippen molar-refractivity contribution >= 4 is 0 Å². The van der Waals surface area contributed by atoms with Crippen molar-refractivity contribution in [2.24, 2.45) is 0 Å². The van der Waals surface area contributed by atoms with Gasteiger partial charge in [-0.2, -0.15) is 0 Å². The fraction of sp³-hybridized carbons (Fsp3) is 0.333. The number of ether oxygens (including phenoxy) is 3. The first-order valence-corrected chi connectivity index (χ1v) is 7.43. The fourth-order valence-corrected chi connectivity index (χ4v) is 2.99. The zero-order valence-electron chi connectivity index (χ0n) is 13.4.